The van der Waals surface area contributed by atoms with Gasteiger partial charge >= 0.3 is 0 Å². The maximum atomic E-state index is 12.8. The van der Waals surface area contributed by atoms with Crippen molar-refractivity contribution in [2.75, 3.05) is 25.5 Å². The molecule has 0 saturated carbocycles. The van der Waals surface area contributed by atoms with Crippen LogP contribution in [0.2, 0.25) is 0 Å². The van der Waals surface area contributed by atoms with E-state index < -0.39 is 0 Å². The van der Waals surface area contributed by atoms with Crippen LogP contribution in [0.15, 0.2) is 36.0 Å². The number of hydrogen-bond donors (Lipinski definition) is 0. The number of rotatable bonds is 2. The lowest BCUT2D eigenvalue weighted by molar-refractivity contribution is -0.116. The summed E-state index contributed by atoms with van der Waals surface area (Å²) in [6.07, 6.45) is 1.51. The molecule has 18 heavy (non-hydrogen) atoms. The van der Waals surface area contributed by atoms with Gasteiger partial charge in [-0.2, -0.15) is 0 Å². The molecule has 1 aromatic rings. The molecular weight excluding hydrogens is 235 g/mol. The number of hydrogen-bond acceptors (Lipinski definition) is 3. The summed E-state index contributed by atoms with van der Waals surface area (Å²) in [6, 6.07) is 5.50. The number of amides is 1. The van der Waals surface area contributed by atoms with E-state index in [4.69, 9.17) is 0 Å². The molecule has 4 nitrogen and oxygen atoms in total. The highest BCUT2D eigenvalue weighted by molar-refractivity contribution is 6.31. The van der Waals surface area contributed by atoms with Crippen LogP contribution in [-0.4, -0.2) is 37.2 Å². The van der Waals surface area contributed by atoms with Gasteiger partial charge in [0.15, 0.2) is 5.78 Å². The van der Waals surface area contributed by atoms with E-state index in [1.165, 1.54) is 35.4 Å². The predicted molar refractivity (Wildman–Crippen MR) is 65.5 cm³/mol. The minimum atomic E-state index is -0.374. The molecule has 1 aliphatic heterocycles. The monoisotopic (exact) mass is 248 g/mol. The van der Waals surface area contributed by atoms with Crippen LogP contribution in [0.4, 0.5) is 10.1 Å². The minimum Gasteiger partial charge on any atom is -0.383 e. The summed E-state index contributed by atoms with van der Waals surface area (Å²) in [6.45, 7) is 0.00411. The lowest BCUT2D eigenvalue weighted by Crippen LogP contribution is -2.25. The second-order valence-corrected chi connectivity index (χ2v) is 4.30. The topological polar surface area (TPSA) is 40.6 Å². The summed E-state index contributed by atoms with van der Waals surface area (Å²) in [5.41, 5.74) is 0.682. The minimum absolute atomic E-state index is 0.00411. The van der Waals surface area contributed by atoms with Gasteiger partial charge in [0.2, 0.25) is 0 Å². The Morgan fingerprint density at radius 2 is 1.83 bits per heavy atom. The first-order valence-electron chi connectivity index (χ1n) is 5.48. The fourth-order valence-electron chi connectivity index (χ4n) is 1.78. The van der Waals surface area contributed by atoms with Crippen molar-refractivity contribution in [3.63, 3.8) is 0 Å². The maximum Gasteiger partial charge on any atom is 0.263 e. The highest BCUT2D eigenvalue weighted by Crippen LogP contribution is 2.23. The Kier molecular flexibility index (Phi) is 3.14. The highest BCUT2D eigenvalue weighted by Gasteiger charge is 2.34. The molecule has 1 aliphatic rings. The van der Waals surface area contributed by atoms with Gasteiger partial charge in [0.25, 0.3) is 5.91 Å². The number of ketones is 1. The molecular formula is C13H13FN2O2. The first kappa shape index (κ1) is 12.3. The van der Waals surface area contributed by atoms with Gasteiger partial charge in [-0.05, 0) is 24.3 Å². The van der Waals surface area contributed by atoms with Gasteiger partial charge in [-0.25, -0.2) is 4.39 Å². The van der Waals surface area contributed by atoms with Crippen LogP contribution >= 0.6 is 0 Å². The average Bonchev–Trinajstić information content (AvgIpc) is 2.58. The Morgan fingerprint density at radius 1 is 1.22 bits per heavy atom. The number of benzene rings is 1. The molecule has 0 spiro atoms. The molecule has 1 aromatic carbocycles. The highest BCUT2D eigenvalue weighted by atomic mass is 19.1. The smallest absolute Gasteiger partial charge is 0.263 e. The third-order valence-electron chi connectivity index (χ3n) is 2.60. The van der Waals surface area contributed by atoms with Crippen molar-refractivity contribution in [3.05, 3.63) is 41.9 Å². The summed E-state index contributed by atoms with van der Waals surface area (Å²) in [4.78, 5) is 26.8. The normalized spacial score (nSPS) is 17.7. The maximum absolute atomic E-state index is 12.8. The number of anilines is 1. The fourth-order valence-corrected chi connectivity index (χ4v) is 1.78. The van der Waals surface area contributed by atoms with Gasteiger partial charge in [0, 0.05) is 26.0 Å². The van der Waals surface area contributed by atoms with E-state index in [9.17, 15) is 14.0 Å². The summed E-state index contributed by atoms with van der Waals surface area (Å²) in [5.74, 6) is -0.945. The van der Waals surface area contributed by atoms with E-state index in [1.807, 2.05) is 0 Å². The third-order valence-corrected chi connectivity index (χ3v) is 2.60. The van der Waals surface area contributed by atoms with Gasteiger partial charge in [-0.15, -0.1) is 0 Å². The molecule has 1 amide bonds. The first-order valence-corrected chi connectivity index (χ1v) is 5.48. The Hall–Kier alpha value is -2.17. The Balaban J connectivity index is 2.31. The molecule has 5 heteroatoms. The quantitative estimate of drug-likeness (QED) is 0.583. The van der Waals surface area contributed by atoms with Crippen LogP contribution in [0.1, 0.15) is 0 Å². The number of nitrogens with zero attached hydrogens (tertiary/aromatic N) is 2. The second-order valence-electron chi connectivity index (χ2n) is 4.30. The molecule has 0 aliphatic carbocycles. The standard InChI is InChI=1S/C13H13FN2O2/c1-15(2)7-11-12(17)8-16(13(11)18)10-5-3-9(14)4-6-10/h3-7H,8H2,1-2H3/b11-7-. The molecule has 1 saturated heterocycles. The zero-order chi connectivity index (χ0) is 13.3. The van der Waals surface area contributed by atoms with Crippen LogP contribution in [0.3, 0.4) is 0 Å². The van der Waals surface area contributed by atoms with Gasteiger partial charge in [0.05, 0.1) is 6.54 Å². The van der Waals surface area contributed by atoms with Crippen LogP contribution < -0.4 is 4.90 Å². The molecule has 2 rings (SSSR count). The number of carbonyl (C=O) groups is 2. The molecule has 0 bridgehead atoms. The van der Waals surface area contributed by atoms with Crippen LogP contribution in [0.25, 0.3) is 0 Å². The van der Waals surface area contributed by atoms with Crippen molar-refractivity contribution in [3.8, 4) is 0 Å². The van der Waals surface area contributed by atoms with Gasteiger partial charge in [-0.3, -0.25) is 9.59 Å². The molecule has 0 atom stereocenters. The summed E-state index contributed by atoms with van der Waals surface area (Å²) in [5, 5.41) is 0. The van der Waals surface area contributed by atoms with E-state index in [0.717, 1.165) is 0 Å². The molecule has 1 fully saturated rings. The van der Waals surface area contributed by atoms with Crippen LogP contribution in [-0.2, 0) is 9.59 Å². The fraction of sp³-hybridized carbons (Fsp3) is 0.231. The van der Waals surface area contributed by atoms with E-state index in [-0.39, 0.29) is 29.6 Å². The Bertz CT molecular complexity index is 520. The van der Waals surface area contributed by atoms with Crippen LogP contribution in [0, 0.1) is 5.82 Å². The zero-order valence-corrected chi connectivity index (χ0v) is 10.2. The summed E-state index contributed by atoms with van der Waals surface area (Å²) >= 11 is 0. The number of Topliss-reactive ketones (excluding diaryl/α,β-unsaturated/α-hetero) is 1. The molecule has 0 N–H and O–H groups in total. The van der Waals surface area contributed by atoms with Gasteiger partial charge in [-0.1, -0.05) is 0 Å². The summed E-state index contributed by atoms with van der Waals surface area (Å²) < 4.78 is 12.8. The van der Waals surface area contributed by atoms with Crippen molar-refractivity contribution < 1.29 is 14.0 Å². The third kappa shape index (κ3) is 2.25. The van der Waals surface area contributed by atoms with E-state index in [2.05, 4.69) is 0 Å². The van der Waals surface area contributed by atoms with Crippen LogP contribution in [0.5, 0.6) is 0 Å². The summed E-state index contributed by atoms with van der Waals surface area (Å²) in [7, 11) is 3.49. The van der Waals surface area contributed by atoms with Crippen molar-refractivity contribution in [1.82, 2.24) is 4.90 Å². The molecule has 94 valence electrons. The average molecular weight is 248 g/mol. The molecule has 1 heterocycles. The van der Waals surface area contributed by atoms with Crippen molar-refractivity contribution in [2.45, 2.75) is 0 Å². The Morgan fingerprint density at radius 3 is 2.39 bits per heavy atom. The van der Waals surface area contributed by atoms with Crippen molar-refractivity contribution >= 4 is 17.4 Å². The number of carbonyl (C=O) groups excluding carboxylic acids is 2. The lowest BCUT2D eigenvalue weighted by atomic mass is 10.2. The molecule has 0 radical (unpaired) electrons. The van der Waals surface area contributed by atoms with Crippen molar-refractivity contribution in [1.29, 1.82) is 0 Å². The number of halogens is 1. The second kappa shape index (κ2) is 4.60. The van der Waals surface area contributed by atoms with Gasteiger partial charge in [0.1, 0.15) is 11.4 Å². The SMILES string of the molecule is CN(C)/C=C1/C(=O)CN(c2ccc(F)cc2)C1=O. The largest absolute Gasteiger partial charge is 0.383 e. The molecule has 0 aromatic heterocycles. The van der Waals surface area contributed by atoms with E-state index in [1.54, 1.807) is 19.0 Å². The van der Waals surface area contributed by atoms with Gasteiger partial charge < -0.3 is 9.80 Å². The predicted octanol–water partition coefficient (Wildman–Crippen LogP) is 1.19. The lowest BCUT2D eigenvalue weighted by Gasteiger charge is -2.14. The van der Waals surface area contributed by atoms with Crippen molar-refractivity contribution in [2.24, 2.45) is 0 Å². The Labute approximate surface area is 104 Å². The first-order chi connectivity index (χ1) is 8.49. The van der Waals surface area contributed by atoms with E-state index in [0.29, 0.717) is 5.69 Å². The molecule has 0 unspecified atom stereocenters. The zero-order valence-electron chi connectivity index (χ0n) is 10.2. The van der Waals surface area contributed by atoms with E-state index >= 15 is 0 Å².